The van der Waals surface area contributed by atoms with Crippen LogP contribution in [-0.4, -0.2) is 11.8 Å². The number of ether oxygens (including phenoxy) is 1. The van der Waals surface area contributed by atoms with Gasteiger partial charge in [0.2, 0.25) is 0 Å². The number of hydrogen-bond acceptors (Lipinski definition) is 5. The molecule has 25 heavy (non-hydrogen) atoms. The average molecular weight is 353 g/mol. The predicted octanol–water partition coefficient (Wildman–Crippen LogP) is 4.46. The molecule has 4 nitrogen and oxygen atoms in total. The Morgan fingerprint density at radius 1 is 1.16 bits per heavy atom. The summed E-state index contributed by atoms with van der Waals surface area (Å²) in [7, 11) is 0. The van der Waals surface area contributed by atoms with Crippen LogP contribution in [0.4, 0.5) is 5.69 Å². The van der Waals surface area contributed by atoms with Crippen LogP contribution < -0.4 is 9.64 Å². The van der Waals surface area contributed by atoms with E-state index >= 15 is 0 Å². The second-order valence-electron chi connectivity index (χ2n) is 5.99. The molecule has 0 amide bonds. The van der Waals surface area contributed by atoms with Gasteiger partial charge in [-0.05, 0) is 31.5 Å². The van der Waals surface area contributed by atoms with Crippen molar-refractivity contribution in [3.05, 3.63) is 64.7 Å². The van der Waals surface area contributed by atoms with Crippen molar-refractivity contribution in [2.45, 2.75) is 32.2 Å². The number of hydrogen-bond donors (Lipinski definition) is 0. The minimum Gasteiger partial charge on any atom is -0.427 e. The van der Waals surface area contributed by atoms with Crippen LogP contribution in [0.1, 0.15) is 25.0 Å². The SMILES string of the molecule is CC(=O)/C=C1\Sc2ccc(OC(C)=O)cc2N1Cc1cccc(C)c1. The molecule has 3 rings (SSSR count). The van der Waals surface area contributed by atoms with E-state index in [4.69, 9.17) is 4.74 Å². The first-order chi connectivity index (χ1) is 11.9. The van der Waals surface area contributed by atoms with Crippen LogP contribution in [0.25, 0.3) is 0 Å². The number of fused-ring (bicyclic) bond motifs is 1. The summed E-state index contributed by atoms with van der Waals surface area (Å²) in [6.07, 6.45) is 1.64. The Morgan fingerprint density at radius 3 is 2.64 bits per heavy atom. The van der Waals surface area contributed by atoms with Crippen molar-refractivity contribution in [2.24, 2.45) is 0 Å². The minimum absolute atomic E-state index is 0.00441. The second kappa shape index (κ2) is 7.15. The molecule has 0 saturated carbocycles. The maximum absolute atomic E-state index is 11.6. The molecule has 128 valence electrons. The van der Waals surface area contributed by atoms with E-state index in [-0.39, 0.29) is 11.8 Å². The Labute approximate surface area is 151 Å². The van der Waals surface area contributed by atoms with Crippen molar-refractivity contribution < 1.29 is 14.3 Å². The topological polar surface area (TPSA) is 46.6 Å². The molecular weight excluding hydrogens is 334 g/mol. The zero-order valence-corrected chi connectivity index (χ0v) is 15.2. The Hall–Kier alpha value is -2.53. The molecule has 0 aliphatic carbocycles. The quantitative estimate of drug-likeness (QED) is 0.461. The molecule has 0 saturated heterocycles. The van der Waals surface area contributed by atoms with Gasteiger partial charge in [0.15, 0.2) is 5.78 Å². The summed E-state index contributed by atoms with van der Waals surface area (Å²) in [6.45, 7) is 5.63. The lowest BCUT2D eigenvalue weighted by Gasteiger charge is -2.21. The third kappa shape index (κ3) is 4.12. The van der Waals surface area contributed by atoms with Gasteiger partial charge < -0.3 is 9.64 Å². The van der Waals surface area contributed by atoms with Crippen LogP contribution in [-0.2, 0) is 16.1 Å². The number of allylic oxidation sites excluding steroid dienone is 1. The fraction of sp³-hybridized carbons (Fsp3) is 0.200. The number of benzene rings is 2. The Bertz CT molecular complexity index is 873. The van der Waals surface area contributed by atoms with Crippen LogP contribution in [0.3, 0.4) is 0 Å². The summed E-state index contributed by atoms with van der Waals surface area (Å²) in [6, 6.07) is 13.8. The van der Waals surface area contributed by atoms with E-state index in [1.807, 2.05) is 18.2 Å². The molecule has 0 aromatic heterocycles. The smallest absolute Gasteiger partial charge is 0.308 e. The maximum atomic E-state index is 11.6. The van der Waals surface area contributed by atoms with Crippen molar-refractivity contribution in [2.75, 3.05) is 4.90 Å². The molecule has 5 heteroatoms. The van der Waals surface area contributed by atoms with Gasteiger partial charge in [-0.15, -0.1) is 0 Å². The summed E-state index contributed by atoms with van der Waals surface area (Å²) in [5.41, 5.74) is 3.29. The van der Waals surface area contributed by atoms with Gasteiger partial charge in [0.05, 0.1) is 10.7 Å². The van der Waals surface area contributed by atoms with Crippen molar-refractivity contribution in [3.63, 3.8) is 0 Å². The van der Waals surface area contributed by atoms with E-state index in [1.165, 1.54) is 12.5 Å². The zero-order chi connectivity index (χ0) is 18.0. The minimum atomic E-state index is -0.352. The Kier molecular flexibility index (Phi) is 4.95. The first-order valence-corrected chi connectivity index (χ1v) is 8.79. The molecule has 0 spiro atoms. The molecule has 0 unspecified atom stereocenters. The lowest BCUT2D eigenvalue weighted by molar-refractivity contribution is -0.131. The fourth-order valence-corrected chi connectivity index (χ4v) is 3.88. The van der Waals surface area contributed by atoms with Crippen LogP contribution in [0.15, 0.2) is 58.5 Å². The van der Waals surface area contributed by atoms with E-state index in [1.54, 1.807) is 30.8 Å². The van der Waals surface area contributed by atoms with Gasteiger partial charge in [-0.25, -0.2) is 0 Å². The first kappa shape index (κ1) is 17.3. The number of ketones is 1. The molecule has 0 fully saturated rings. The second-order valence-corrected chi connectivity index (χ2v) is 7.06. The predicted molar refractivity (Wildman–Crippen MR) is 99.7 cm³/mol. The lowest BCUT2D eigenvalue weighted by atomic mass is 10.1. The zero-order valence-electron chi connectivity index (χ0n) is 14.4. The molecular formula is C20H19NO3S. The van der Waals surface area contributed by atoms with E-state index in [0.717, 1.165) is 21.2 Å². The van der Waals surface area contributed by atoms with Gasteiger partial charge in [-0.1, -0.05) is 41.6 Å². The van der Waals surface area contributed by atoms with Crippen LogP contribution in [0, 0.1) is 6.92 Å². The summed E-state index contributed by atoms with van der Waals surface area (Å²) < 4.78 is 5.21. The standard InChI is InChI=1S/C20H19NO3S/c1-13-5-4-6-16(9-13)12-21-18-11-17(24-15(3)23)7-8-19(18)25-20(21)10-14(2)22/h4-11H,12H2,1-3H3/b20-10-. The van der Waals surface area contributed by atoms with Crippen molar-refractivity contribution >= 4 is 29.2 Å². The molecule has 1 aliphatic heterocycles. The number of rotatable bonds is 4. The van der Waals surface area contributed by atoms with Crippen LogP contribution >= 0.6 is 11.8 Å². The Morgan fingerprint density at radius 2 is 1.96 bits per heavy atom. The number of anilines is 1. The monoisotopic (exact) mass is 353 g/mol. The molecule has 0 N–H and O–H groups in total. The van der Waals surface area contributed by atoms with Crippen molar-refractivity contribution in [1.29, 1.82) is 0 Å². The van der Waals surface area contributed by atoms with E-state index in [0.29, 0.717) is 12.3 Å². The summed E-state index contributed by atoms with van der Waals surface area (Å²) in [5.74, 6) is 0.158. The lowest BCUT2D eigenvalue weighted by Crippen LogP contribution is -2.18. The first-order valence-electron chi connectivity index (χ1n) is 7.98. The molecule has 2 aromatic rings. The van der Waals surface area contributed by atoms with Crippen LogP contribution in [0.5, 0.6) is 5.75 Å². The molecule has 1 heterocycles. The van der Waals surface area contributed by atoms with Gasteiger partial charge in [-0.2, -0.15) is 0 Å². The number of aryl methyl sites for hydroxylation is 1. The Balaban J connectivity index is 1.99. The van der Waals surface area contributed by atoms with Crippen molar-refractivity contribution in [1.82, 2.24) is 0 Å². The van der Waals surface area contributed by atoms with Gasteiger partial charge >= 0.3 is 5.97 Å². The number of thioether (sulfide) groups is 1. The highest BCUT2D eigenvalue weighted by Crippen LogP contribution is 2.48. The molecule has 0 atom stereocenters. The third-order valence-corrected chi connectivity index (χ3v) is 4.83. The van der Waals surface area contributed by atoms with E-state index in [9.17, 15) is 9.59 Å². The number of carbonyl (C=O) groups excluding carboxylic acids is 2. The van der Waals surface area contributed by atoms with Crippen molar-refractivity contribution in [3.8, 4) is 5.75 Å². The normalized spacial score (nSPS) is 14.5. The maximum Gasteiger partial charge on any atom is 0.308 e. The number of carbonyl (C=O) groups is 2. The third-order valence-electron chi connectivity index (χ3n) is 3.71. The van der Waals surface area contributed by atoms with E-state index < -0.39 is 0 Å². The summed E-state index contributed by atoms with van der Waals surface area (Å²) in [4.78, 5) is 26.0. The number of nitrogens with zero attached hydrogens (tertiary/aromatic N) is 1. The van der Waals surface area contributed by atoms with Gasteiger partial charge in [0, 0.05) is 30.5 Å². The molecule has 0 radical (unpaired) electrons. The number of esters is 1. The highest BCUT2D eigenvalue weighted by molar-refractivity contribution is 8.03. The summed E-state index contributed by atoms with van der Waals surface area (Å²) in [5, 5.41) is 0.879. The average Bonchev–Trinajstić information content (AvgIpc) is 2.83. The summed E-state index contributed by atoms with van der Waals surface area (Å²) >= 11 is 1.55. The highest BCUT2D eigenvalue weighted by Gasteiger charge is 2.26. The van der Waals surface area contributed by atoms with E-state index in [2.05, 4.69) is 30.0 Å². The molecule has 1 aliphatic rings. The molecule has 0 bridgehead atoms. The highest BCUT2D eigenvalue weighted by atomic mass is 32.2. The molecule has 2 aromatic carbocycles. The van der Waals surface area contributed by atoms with Gasteiger partial charge in [0.25, 0.3) is 0 Å². The van der Waals surface area contributed by atoms with Gasteiger partial charge in [0.1, 0.15) is 5.75 Å². The van der Waals surface area contributed by atoms with Gasteiger partial charge in [-0.3, -0.25) is 9.59 Å². The largest absolute Gasteiger partial charge is 0.427 e. The fourth-order valence-electron chi connectivity index (χ4n) is 2.75. The van der Waals surface area contributed by atoms with Crippen LogP contribution in [0.2, 0.25) is 0 Å².